The molecule has 0 N–H and O–H groups in total. The molecule has 4 rings (SSSR count). The van der Waals surface area contributed by atoms with E-state index in [1.54, 1.807) is 24.3 Å². The number of esters is 2. The summed E-state index contributed by atoms with van der Waals surface area (Å²) in [6.07, 6.45) is -1.02. The summed E-state index contributed by atoms with van der Waals surface area (Å²) >= 11 is 0. The molecule has 180 valence electrons. The average Bonchev–Trinajstić information content (AvgIpc) is 3.20. The van der Waals surface area contributed by atoms with Crippen molar-refractivity contribution >= 4 is 45.1 Å². The van der Waals surface area contributed by atoms with E-state index in [1.807, 2.05) is 42.5 Å². The largest absolute Gasteiger partial charge is 0.461 e. The van der Waals surface area contributed by atoms with E-state index in [-0.39, 0.29) is 12.2 Å². The minimum atomic E-state index is -1.02. The van der Waals surface area contributed by atoms with Gasteiger partial charge in [0.25, 0.3) is 0 Å². The molecule has 3 aromatic carbocycles. The third-order valence-electron chi connectivity index (χ3n) is 5.56. The monoisotopic (exact) mass is 480 g/mol. The minimum absolute atomic E-state index is 0.113. The van der Waals surface area contributed by atoms with Crippen LogP contribution in [0.4, 0.5) is 11.4 Å². The molecule has 0 amide bonds. The van der Waals surface area contributed by atoms with Gasteiger partial charge >= 0.3 is 11.9 Å². The first-order chi connectivity index (χ1) is 17.4. The first-order valence-electron chi connectivity index (χ1n) is 11.3. The topological polar surface area (TPSA) is 106 Å². The van der Waals surface area contributed by atoms with E-state index < -0.39 is 18.0 Å². The lowest BCUT2D eigenvalue weighted by Crippen LogP contribution is -2.27. The maximum Gasteiger partial charge on any atom is 0.347 e. The number of carbonyl (C=O) groups excluding carboxylic acids is 2. The number of benzene rings is 3. The predicted octanol–water partition coefficient (Wildman–Crippen LogP) is 6.13. The molecule has 0 fully saturated rings. The molecule has 0 radical (unpaired) electrons. The van der Waals surface area contributed by atoms with Crippen molar-refractivity contribution in [1.29, 1.82) is 5.26 Å². The van der Waals surface area contributed by atoms with Crippen molar-refractivity contribution in [3.8, 4) is 6.07 Å². The maximum absolute atomic E-state index is 12.2. The number of rotatable bonds is 8. The zero-order valence-electron chi connectivity index (χ0n) is 20.0. The first-order valence-corrected chi connectivity index (χ1v) is 11.3. The van der Waals surface area contributed by atoms with Crippen LogP contribution in [-0.4, -0.2) is 29.2 Å². The molecule has 1 atom stereocenters. The van der Waals surface area contributed by atoms with Gasteiger partial charge in [0, 0.05) is 27.4 Å². The van der Waals surface area contributed by atoms with Gasteiger partial charge in [-0.1, -0.05) is 24.8 Å². The fourth-order valence-electron chi connectivity index (χ4n) is 3.73. The lowest BCUT2D eigenvalue weighted by atomic mass is 10.1. The molecule has 4 aromatic rings. The summed E-state index contributed by atoms with van der Waals surface area (Å²) in [6.45, 7) is 7.03. The summed E-state index contributed by atoms with van der Waals surface area (Å²) < 4.78 is 12.5. The van der Waals surface area contributed by atoms with Gasteiger partial charge < -0.3 is 14.0 Å². The van der Waals surface area contributed by atoms with Gasteiger partial charge in [0.15, 0.2) is 6.10 Å². The molecule has 8 heteroatoms. The van der Waals surface area contributed by atoms with Crippen LogP contribution in [0, 0.1) is 11.3 Å². The molecule has 0 aliphatic heterocycles. The van der Waals surface area contributed by atoms with Gasteiger partial charge in [0.2, 0.25) is 0 Å². The number of hydrogen-bond acceptors (Lipinski definition) is 7. The first kappa shape index (κ1) is 24.4. The Morgan fingerprint density at radius 3 is 2.39 bits per heavy atom. The van der Waals surface area contributed by atoms with Crippen LogP contribution in [0.2, 0.25) is 0 Å². The normalized spacial score (nSPS) is 11.9. The molecular weight excluding hydrogens is 456 g/mol. The molecule has 0 saturated heterocycles. The third-order valence-corrected chi connectivity index (χ3v) is 5.56. The molecular formula is C28H24N4O4. The Hall–Kier alpha value is -4.77. The minimum Gasteiger partial charge on any atom is -0.461 e. The number of azo groups is 1. The van der Waals surface area contributed by atoms with Gasteiger partial charge in [-0.2, -0.15) is 15.5 Å². The van der Waals surface area contributed by atoms with Crippen molar-refractivity contribution in [3.05, 3.63) is 84.4 Å². The van der Waals surface area contributed by atoms with E-state index in [0.29, 0.717) is 23.5 Å². The quantitative estimate of drug-likeness (QED) is 0.171. The molecule has 8 nitrogen and oxygen atoms in total. The Labute approximate surface area is 208 Å². The fraction of sp³-hybridized carbons (Fsp3) is 0.179. The van der Waals surface area contributed by atoms with Crippen molar-refractivity contribution in [2.75, 3.05) is 6.61 Å². The molecule has 0 aliphatic carbocycles. The number of hydrogen-bond donors (Lipinski definition) is 0. The number of fused-ring (bicyclic) bond motifs is 3. The average molecular weight is 481 g/mol. The van der Waals surface area contributed by atoms with Gasteiger partial charge in [-0.25, -0.2) is 9.59 Å². The summed E-state index contributed by atoms with van der Waals surface area (Å²) in [7, 11) is 0. The highest BCUT2D eigenvalue weighted by molar-refractivity contribution is 6.08. The summed E-state index contributed by atoms with van der Waals surface area (Å²) in [6, 6.07) is 22.7. The fourth-order valence-corrected chi connectivity index (χ4v) is 3.73. The van der Waals surface area contributed by atoms with E-state index in [9.17, 15) is 9.59 Å². The Kier molecular flexibility index (Phi) is 7.21. The van der Waals surface area contributed by atoms with Gasteiger partial charge in [-0.05, 0) is 62.4 Å². The molecule has 36 heavy (non-hydrogen) atoms. The second-order valence-corrected chi connectivity index (χ2v) is 8.22. The SMILES string of the molecule is C=C(C)C(=O)OC(C)C(=O)OCCn1c2ccccc2c2cc(N=Nc3ccc(C#N)cc3)ccc21. The summed E-state index contributed by atoms with van der Waals surface area (Å²) in [4.78, 5) is 23.9. The van der Waals surface area contributed by atoms with Gasteiger partial charge in [-0.3, -0.25) is 0 Å². The van der Waals surface area contributed by atoms with E-state index in [4.69, 9.17) is 14.7 Å². The molecule has 1 heterocycles. The van der Waals surface area contributed by atoms with E-state index in [1.165, 1.54) is 13.8 Å². The highest BCUT2D eigenvalue weighted by Crippen LogP contribution is 2.32. The van der Waals surface area contributed by atoms with Gasteiger partial charge in [0.1, 0.15) is 6.61 Å². The zero-order valence-corrected chi connectivity index (χ0v) is 20.0. The van der Waals surface area contributed by atoms with E-state index in [2.05, 4.69) is 27.4 Å². The smallest absolute Gasteiger partial charge is 0.347 e. The second-order valence-electron chi connectivity index (χ2n) is 8.22. The maximum atomic E-state index is 12.2. The van der Waals surface area contributed by atoms with Crippen molar-refractivity contribution in [2.45, 2.75) is 26.5 Å². The van der Waals surface area contributed by atoms with E-state index >= 15 is 0 Å². The highest BCUT2D eigenvalue weighted by atomic mass is 16.6. The second kappa shape index (κ2) is 10.7. The zero-order chi connectivity index (χ0) is 25.7. The number of aromatic nitrogens is 1. The standard InChI is InChI=1S/C28H24N4O4/c1-18(2)27(33)36-19(3)28(34)35-15-14-32-25-7-5-4-6-23(25)24-16-22(12-13-26(24)32)31-30-21-10-8-20(17-29)9-11-21/h4-13,16,19H,1,14-15H2,2-3H3. The number of ether oxygens (including phenoxy) is 2. The molecule has 0 bridgehead atoms. The van der Waals surface area contributed by atoms with Crippen LogP contribution in [0.15, 0.2) is 89.1 Å². The Morgan fingerprint density at radius 1 is 1.00 bits per heavy atom. The van der Waals surface area contributed by atoms with Crippen LogP contribution >= 0.6 is 0 Å². The van der Waals surface area contributed by atoms with Gasteiger partial charge in [-0.15, -0.1) is 0 Å². The van der Waals surface area contributed by atoms with Crippen molar-refractivity contribution in [1.82, 2.24) is 4.57 Å². The summed E-state index contributed by atoms with van der Waals surface area (Å²) in [5.41, 5.74) is 4.08. The van der Waals surface area contributed by atoms with Crippen LogP contribution in [-0.2, 0) is 25.6 Å². The van der Waals surface area contributed by atoms with Crippen LogP contribution in [0.3, 0.4) is 0 Å². The molecule has 0 saturated carbocycles. The van der Waals surface area contributed by atoms with E-state index in [0.717, 1.165) is 21.8 Å². The summed E-state index contributed by atoms with van der Waals surface area (Å²) in [5.74, 6) is -1.25. The predicted molar refractivity (Wildman–Crippen MR) is 136 cm³/mol. The number of nitriles is 1. The Balaban J connectivity index is 1.53. The number of carbonyl (C=O) groups is 2. The molecule has 0 spiro atoms. The van der Waals surface area contributed by atoms with Crippen molar-refractivity contribution < 1.29 is 19.1 Å². The van der Waals surface area contributed by atoms with Crippen LogP contribution in [0.25, 0.3) is 21.8 Å². The lowest BCUT2D eigenvalue weighted by Gasteiger charge is -2.13. The van der Waals surface area contributed by atoms with Crippen LogP contribution < -0.4 is 0 Å². The van der Waals surface area contributed by atoms with Crippen LogP contribution in [0.5, 0.6) is 0 Å². The van der Waals surface area contributed by atoms with Crippen molar-refractivity contribution in [2.24, 2.45) is 10.2 Å². The molecule has 0 aliphatic rings. The van der Waals surface area contributed by atoms with Crippen molar-refractivity contribution in [3.63, 3.8) is 0 Å². The highest BCUT2D eigenvalue weighted by Gasteiger charge is 2.20. The Bertz CT molecular complexity index is 1530. The molecule has 1 unspecified atom stereocenters. The third kappa shape index (κ3) is 5.31. The lowest BCUT2D eigenvalue weighted by molar-refractivity contribution is -0.164. The van der Waals surface area contributed by atoms with Crippen LogP contribution in [0.1, 0.15) is 19.4 Å². The number of nitrogens with zero attached hydrogens (tertiary/aromatic N) is 4. The summed E-state index contributed by atoms with van der Waals surface area (Å²) in [5, 5.41) is 19.6. The van der Waals surface area contributed by atoms with Gasteiger partial charge in [0.05, 0.1) is 29.6 Å². The number of para-hydroxylation sites is 1. The molecule has 1 aromatic heterocycles. The Morgan fingerprint density at radius 2 is 1.67 bits per heavy atom.